The molecular formula is C44H40Cl2N8O5. The molecule has 0 bridgehead atoms. The summed E-state index contributed by atoms with van der Waals surface area (Å²) >= 11 is 11.4. The molecule has 1 unspecified atom stereocenters. The number of anilines is 4. The molecule has 2 aliphatic heterocycles. The zero-order valence-corrected chi connectivity index (χ0v) is 33.8. The van der Waals surface area contributed by atoms with Gasteiger partial charge in [-0.2, -0.15) is 0 Å². The van der Waals surface area contributed by atoms with Gasteiger partial charge in [-0.3, -0.25) is 9.59 Å². The molecule has 300 valence electrons. The number of H-pyrrole nitrogens is 4. The lowest BCUT2D eigenvalue weighted by molar-refractivity contribution is 0.0977. The molecule has 0 saturated carbocycles. The van der Waals surface area contributed by atoms with Gasteiger partial charge in [-0.05, 0) is 91.1 Å². The molecule has 15 heteroatoms. The third-order valence-corrected chi connectivity index (χ3v) is 11.6. The van der Waals surface area contributed by atoms with E-state index in [9.17, 15) is 24.6 Å². The van der Waals surface area contributed by atoms with E-state index in [0.29, 0.717) is 70.6 Å². The Kier molecular flexibility index (Phi) is 9.44. The normalized spacial score (nSPS) is 14.6. The summed E-state index contributed by atoms with van der Waals surface area (Å²) in [6.07, 6.45) is 4.39. The second kappa shape index (κ2) is 14.7. The van der Waals surface area contributed by atoms with Gasteiger partial charge < -0.3 is 50.6 Å². The van der Waals surface area contributed by atoms with Crippen LogP contribution in [0.15, 0.2) is 73.1 Å². The molecule has 4 amide bonds. The summed E-state index contributed by atoms with van der Waals surface area (Å²) in [6.45, 7) is 6.71. The topological polar surface area (TPSA) is 185 Å². The van der Waals surface area contributed by atoms with E-state index in [1.165, 1.54) is 0 Å². The lowest BCUT2D eigenvalue weighted by Crippen LogP contribution is -2.30. The highest BCUT2D eigenvalue weighted by Gasteiger charge is 2.36. The lowest BCUT2D eigenvalue weighted by Gasteiger charge is -2.17. The predicted molar refractivity (Wildman–Crippen MR) is 236 cm³/mol. The average molecular weight is 832 g/mol. The number of aryl methyl sites for hydroxylation is 2. The SMILES string of the molecule is CCCl.Cc1c[nH]c2c(O)cc3c(c12)CCN3C(=O)c1cc2cc(NC(=O)Nc3ccc4[nH]c(C(=O)N5CC(CCl)c6c5cc(O)c5[nH]cc(C)c65)cc4c3)ccc2[nH]1. The minimum absolute atomic E-state index is 0.0682. The van der Waals surface area contributed by atoms with Crippen LogP contribution in [0.1, 0.15) is 56.1 Å². The van der Waals surface area contributed by atoms with Gasteiger partial charge in [-0.15, -0.1) is 23.2 Å². The Labute approximate surface area is 347 Å². The fraction of sp³-hybridized carbons (Fsp3) is 0.205. The van der Waals surface area contributed by atoms with Gasteiger partial charge in [-0.25, -0.2) is 4.79 Å². The number of carbonyl (C=O) groups excluding carboxylic acids is 3. The molecule has 4 aromatic carbocycles. The first-order valence-corrected chi connectivity index (χ1v) is 20.3. The molecule has 1 atom stereocenters. The summed E-state index contributed by atoms with van der Waals surface area (Å²) in [5.74, 6) is 0.659. The number of phenolic OH excluding ortho intramolecular Hbond substituents is 2. The number of nitrogens with zero attached hydrogens (tertiary/aromatic N) is 2. The van der Waals surface area contributed by atoms with E-state index in [4.69, 9.17) is 23.2 Å². The van der Waals surface area contributed by atoms with Crippen LogP contribution in [-0.4, -0.2) is 72.8 Å². The Hall–Kier alpha value is -6.57. The van der Waals surface area contributed by atoms with Crippen LogP contribution < -0.4 is 20.4 Å². The smallest absolute Gasteiger partial charge is 0.323 e. The van der Waals surface area contributed by atoms with Crippen LogP contribution in [0.4, 0.5) is 27.5 Å². The molecule has 8 N–H and O–H groups in total. The Morgan fingerprint density at radius 3 is 1.85 bits per heavy atom. The molecule has 6 heterocycles. The number of benzene rings is 4. The van der Waals surface area contributed by atoms with Crippen molar-refractivity contribution >= 4 is 107 Å². The molecule has 0 fully saturated rings. The number of halogens is 2. The number of nitrogens with one attached hydrogen (secondary N) is 6. The van der Waals surface area contributed by atoms with Crippen LogP contribution in [-0.2, 0) is 6.42 Å². The zero-order chi connectivity index (χ0) is 41.3. The minimum Gasteiger partial charge on any atom is -0.506 e. The third-order valence-electron chi connectivity index (χ3n) is 11.2. The predicted octanol–water partition coefficient (Wildman–Crippen LogP) is 9.71. The molecule has 59 heavy (non-hydrogen) atoms. The van der Waals surface area contributed by atoms with Crippen molar-refractivity contribution in [3.8, 4) is 11.5 Å². The number of fused-ring (bicyclic) bond motifs is 8. The van der Waals surface area contributed by atoms with Gasteiger partial charge in [0.25, 0.3) is 11.8 Å². The van der Waals surface area contributed by atoms with Crippen molar-refractivity contribution in [2.45, 2.75) is 33.1 Å². The summed E-state index contributed by atoms with van der Waals surface area (Å²) in [7, 11) is 0. The summed E-state index contributed by atoms with van der Waals surface area (Å²) in [4.78, 5) is 56.8. The fourth-order valence-corrected chi connectivity index (χ4v) is 8.91. The highest BCUT2D eigenvalue weighted by Crippen LogP contribution is 2.47. The zero-order valence-electron chi connectivity index (χ0n) is 32.3. The van der Waals surface area contributed by atoms with Crippen molar-refractivity contribution in [1.29, 1.82) is 0 Å². The molecule has 4 aromatic heterocycles. The monoisotopic (exact) mass is 830 g/mol. The van der Waals surface area contributed by atoms with E-state index in [1.54, 1.807) is 70.5 Å². The van der Waals surface area contributed by atoms with Gasteiger partial charge >= 0.3 is 6.03 Å². The highest BCUT2D eigenvalue weighted by atomic mass is 35.5. The van der Waals surface area contributed by atoms with Crippen molar-refractivity contribution in [2.75, 3.05) is 45.3 Å². The number of hydrogen-bond donors (Lipinski definition) is 8. The van der Waals surface area contributed by atoms with Crippen LogP contribution in [0, 0.1) is 13.8 Å². The molecule has 0 radical (unpaired) electrons. The van der Waals surface area contributed by atoms with Gasteiger partial charge in [0.05, 0.1) is 22.4 Å². The molecule has 8 aromatic rings. The van der Waals surface area contributed by atoms with E-state index in [2.05, 4.69) is 30.6 Å². The average Bonchev–Trinajstić information content (AvgIpc) is 4.07. The van der Waals surface area contributed by atoms with E-state index in [1.807, 2.05) is 33.2 Å². The molecule has 0 aliphatic carbocycles. The molecule has 10 rings (SSSR count). The van der Waals surface area contributed by atoms with Crippen molar-refractivity contribution in [3.05, 3.63) is 107 Å². The number of phenols is 2. The standard InChI is InChI=1S/C42H35ClN8O5.C2H5Cl/c1-19-16-44-38-33(52)13-31-26(35(19)38)7-8-50(31)40(54)29-11-21-9-24(3-5-27(21)48-29)46-42(56)47-25-4-6-28-22(10-25)12-30(49-28)41(55)51-18-23(15-43)37-32(51)14-34(53)39-36(37)20(2)17-45-39;1-2-3/h3-6,9-14,16-17,23,44-45,48-49,52-53H,7-8,15,18H2,1-2H3,(H2,46,47,56);2H2,1H3. The third kappa shape index (κ3) is 6.37. The Balaban J connectivity index is 0.00000145. The van der Waals surface area contributed by atoms with Crippen molar-refractivity contribution < 1.29 is 24.6 Å². The van der Waals surface area contributed by atoms with Crippen LogP contribution in [0.25, 0.3) is 43.6 Å². The number of aromatic amines is 4. The fourth-order valence-electron chi connectivity index (χ4n) is 8.66. The second-order valence-electron chi connectivity index (χ2n) is 15.0. The first kappa shape index (κ1) is 38.0. The van der Waals surface area contributed by atoms with Gasteiger partial charge in [0.15, 0.2) is 0 Å². The van der Waals surface area contributed by atoms with Gasteiger partial charge in [0.2, 0.25) is 0 Å². The quantitative estimate of drug-likeness (QED) is 0.0802. The molecule has 0 saturated heterocycles. The van der Waals surface area contributed by atoms with Crippen LogP contribution in [0.5, 0.6) is 11.5 Å². The maximum atomic E-state index is 13.9. The number of aromatic hydroxyl groups is 2. The van der Waals surface area contributed by atoms with Crippen LogP contribution >= 0.6 is 23.2 Å². The van der Waals surface area contributed by atoms with Crippen molar-refractivity contribution in [3.63, 3.8) is 0 Å². The summed E-state index contributed by atoms with van der Waals surface area (Å²) in [6, 6.07) is 17.0. The van der Waals surface area contributed by atoms with Gasteiger partial charge in [0, 0.05) is 99.2 Å². The summed E-state index contributed by atoms with van der Waals surface area (Å²) in [5, 5.41) is 30.5. The van der Waals surface area contributed by atoms with E-state index in [-0.39, 0.29) is 29.2 Å². The molecular weight excluding hydrogens is 791 g/mol. The number of alkyl halides is 2. The first-order chi connectivity index (χ1) is 28.5. The number of urea groups is 1. The number of carbonyl (C=O) groups is 3. The lowest BCUT2D eigenvalue weighted by atomic mass is 9.97. The number of rotatable bonds is 5. The number of hydrogen-bond acceptors (Lipinski definition) is 5. The van der Waals surface area contributed by atoms with Crippen LogP contribution in [0.3, 0.4) is 0 Å². The molecule has 0 spiro atoms. The number of aromatic nitrogens is 4. The summed E-state index contributed by atoms with van der Waals surface area (Å²) in [5.41, 5.74) is 9.90. The number of amides is 4. The van der Waals surface area contributed by atoms with Crippen molar-refractivity contribution in [1.82, 2.24) is 19.9 Å². The van der Waals surface area contributed by atoms with E-state index >= 15 is 0 Å². The maximum absolute atomic E-state index is 13.9. The Bertz CT molecular complexity index is 3010. The summed E-state index contributed by atoms with van der Waals surface area (Å²) < 4.78 is 0. The van der Waals surface area contributed by atoms with E-state index < -0.39 is 6.03 Å². The second-order valence-corrected chi connectivity index (χ2v) is 15.8. The van der Waals surface area contributed by atoms with Crippen LogP contribution in [0.2, 0.25) is 0 Å². The minimum atomic E-state index is -0.464. The Morgan fingerprint density at radius 1 is 0.746 bits per heavy atom. The molecule has 13 nitrogen and oxygen atoms in total. The highest BCUT2D eigenvalue weighted by molar-refractivity contribution is 6.19. The van der Waals surface area contributed by atoms with Gasteiger partial charge in [0.1, 0.15) is 22.9 Å². The van der Waals surface area contributed by atoms with Crippen molar-refractivity contribution in [2.24, 2.45) is 0 Å². The molecule has 2 aliphatic rings. The van der Waals surface area contributed by atoms with E-state index in [0.717, 1.165) is 60.7 Å². The first-order valence-electron chi connectivity index (χ1n) is 19.2. The maximum Gasteiger partial charge on any atom is 0.323 e. The van der Waals surface area contributed by atoms with Gasteiger partial charge in [-0.1, -0.05) is 6.92 Å². The Morgan fingerprint density at radius 2 is 1.27 bits per heavy atom. The largest absolute Gasteiger partial charge is 0.506 e.